The number of hydrogen-bond donors (Lipinski definition) is 4. The van der Waals surface area contributed by atoms with Gasteiger partial charge in [0.05, 0.1) is 11.8 Å². The van der Waals surface area contributed by atoms with Crippen LogP contribution < -0.4 is 22.5 Å². The highest BCUT2D eigenvalue weighted by Gasteiger charge is 2.51. The Labute approximate surface area is 87.0 Å². The van der Waals surface area contributed by atoms with Crippen LogP contribution in [0, 0.1) is 23.7 Å². The van der Waals surface area contributed by atoms with Crippen molar-refractivity contribution in [3.05, 3.63) is 12.2 Å². The maximum absolute atomic E-state index is 11.5. The van der Waals surface area contributed by atoms with Gasteiger partial charge in [-0.05, 0) is 18.3 Å². The molecule has 2 bridgehead atoms. The second-order valence-corrected chi connectivity index (χ2v) is 4.02. The summed E-state index contributed by atoms with van der Waals surface area (Å²) < 4.78 is 0. The molecular formula is C9H14N4O2. The van der Waals surface area contributed by atoms with Crippen molar-refractivity contribution in [1.82, 2.24) is 10.9 Å². The number of nitrogens with one attached hydrogen (secondary N) is 2. The molecule has 4 atom stereocenters. The lowest BCUT2D eigenvalue weighted by Gasteiger charge is -2.24. The van der Waals surface area contributed by atoms with E-state index in [0.717, 1.165) is 6.42 Å². The third kappa shape index (κ3) is 1.42. The van der Waals surface area contributed by atoms with Crippen molar-refractivity contribution in [3.63, 3.8) is 0 Å². The molecule has 1 fully saturated rings. The zero-order valence-electron chi connectivity index (χ0n) is 8.14. The lowest BCUT2D eigenvalue weighted by Crippen LogP contribution is -2.47. The summed E-state index contributed by atoms with van der Waals surface area (Å²) in [4.78, 5) is 23.1. The predicted octanol–water partition coefficient (Wildman–Crippen LogP) is -1.60. The van der Waals surface area contributed by atoms with E-state index in [2.05, 4.69) is 10.9 Å². The highest BCUT2D eigenvalue weighted by atomic mass is 16.2. The van der Waals surface area contributed by atoms with Gasteiger partial charge in [-0.2, -0.15) is 0 Å². The first kappa shape index (κ1) is 10.1. The number of carbonyl (C=O) groups is 2. The van der Waals surface area contributed by atoms with Crippen LogP contribution in [0.5, 0.6) is 0 Å². The molecule has 1 saturated carbocycles. The van der Waals surface area contributed by atoms with Gasteiger partial charge in [-0.25, -0.2) is 11.7 Å². The monoisotopic (exact) mass is 210 g/mol. The van der Waals surface area contributed by atoms with Gasteiger partial charge < -0.3 is 0 Å². The lowest BCUT2D eigenvalue weighted by atomic mass is 9.82. The zero-order chi connectivity index (χ0) is 11.0. The number of hydrogen-bond acceptors (Lipinski definition) is 4. The predicted molar refractivity (Wildman–Crippen MR) is 52.4 cm³/mol. The maximum atomic E-state index is 11.5. The molecule has 0 aromatic heterocycles. The van der Waals surface area contributed by atoms with Gasteiger partial charge in [0.2, 0.25) is 11.8 Å². The number of fused-ring (bicyclic) bond motifs is 2. The minimum Gasteiger partial charge on any atom is -0.294 e. The Kier molecular flexibility index (Phi) is 2.45. The summed E-state index contributed by atoms with van der Waals surface area (Å²) in [6.07, 6.45) is 4.78. The zero-order valence-corrected chi connectivity index (χ0v) is 8.14. The first-order valence-corrected chi connectivity index (χ1v) is 4.88. The molecule has 0 saturated heterocycles. The van der Waals surface area contributed by atoms with Crippen molar-refractivity contribution in [2.24, 2.45) is 35.4 Å². The van der Waals surface area contributed by atoms with E-state index >= 15 is 0 Å². The maximum Gasteiger partial charge on any atom is 0.238 e. The van der Waals surface area contributed by atoms with Crippen LogP contribution in [-0.4, -0.2) is 11.8 Å². The molecule has 6 heteroatoms. The summed E-state index contributed by atoms with van der Waals surface area (Å²) in [5.41, 5.74) is 4.21. The average molecular weight is 210 g/mol. The molecule has 0 radical (unpaired) electrons. The Balaban J connectivity index is 2.24. The Bertz CT molecular complexity index is 298. The second-order valence-electron chi connectivity index (χ2n) is 4.02. The van der Waals surface area contributed by atoms with E-state index in [0.29, 0.717) is 0 Å². The van der Waals surface area contributed by atoms with Crippen LogP contribution in [0.15, 0.2) is 12.2 Å². The SMILES string of the molecule is NNC(=O)[C@@H]1[C@H](C(=O)NN)[C@@H]2C=C[C@H]1C2. The van der Waals surface area contributed by atoms with Crippen molar-refractivity contribution < 1.29 is 9.59 Å². The molecule has 0 aromatic carbocycles. The third-order valence-electron chi connectivity index (χ3n) is 3.35. The number of allylic oxidation sites excluding steroid dienone is 2. The fraction of sp³-hybridized carbons (Fsp3) is 0.556. The topological polar surface area (TPSA) is 110 Å². The first-order valence-electron chi connectivity index (χ1n) is 4.88. The molecule has 6 nitrogen and oxygen atoms in total. The number of amides is 2. The highest BCUT2D eigenvalue weighted by Crippen LogP contribution is 2.47. The molecule has 82 valence electrons. The smallest absolute Gasteiger partial charge is 0.238 e. The minimum absolute atomic E-state index is 0.112. The Morgan fingerprint density at radius 2 is 1.40 bits per heavy atom. The summed E-state index contributed by atoms with van der Waals surface area (Å²) >= 11 is 0. The number of nitrogens with two attached hydrogens (primary N) is 2. The van der Waals surface area contributed by atoms with Crippen molar-refractivity contribution >= 4 is 11.8 Å². The van der Waals surface area contributed by atoms with E-state index in [-0.39, 0.29) is 35.5 Å². The van der Waals surface area contributed by atoms with Crippen LogP contribution >= 0.6 is 0 Å². The molecule has 2 aliphatic rings. The minimum atomic E-state index is -0.381. The van der Waals surface area contributed by atoms with Crippen LogP contribution in [0.1, 0.15) is 6.42 Å². The molecule has 2 rings (SSSR count). The Morgan fingerprint density at radius 3 is 1.73 bits per heavy atom. The van der Waals surface area contributed by atoms with E-state index in [4.69, 9.17) is 11.7 Å². The van der Waals surface area contributed by atoms with Crippen molar-refractivity contribution in [1.29, 1.82) is 0 Å². The van der Waals surface area contributed by atoms with Crippen molar-refractivity contribution in [2.75, 3.05) is 0 Å². The molecule has 0 aliphatic heterocycles. The molecule has 0 spiro atoms. The highest BCUT2D eigenvalue weighted by molar-refractivity contribution is 5.89. The van der Waals surface area contributed by atoms with E-state index in [9.17, 15) is 9.59 Å². The van der Waals surface area contributed by atoms with Crippen molar-refractivity contribution in [2.45, 2.75) is 6.42 Å². The summed E-state index contributed by atoms with van der Waals surface area (Å²) in [6, 6.07) is 0. The van der Waals surface area contributed by atoms with Gasteiger partial charge in [0.1, 0.15) is 0 Å². The van der Waals surface area contributed by atoms with Gasteiger partial charge in [0.25, 0.3) is 0 Å². The fourth-order valence-electron chi connectivity index (χ4n) is 2.73. The Morgan fingerprint density at radius 1 is 1.00 bits per heavy atom. The molecular weight excluding hydrogens is 196 g/mol. The van der Waals surface area contributed by atoms with Gasteiger partial charge in [0.15, 0.2) is 0 Å². The van der Waals surface area contributed by atoms with Crippen LogP contribution in [-0.2, 0) is 9.59 Å². The van der Waals surface area contributed by atoms with E-state index in [1.54, 1.807) is 0 Å². The number of rotatable bonds is 2. The first-order chi connectivity index (χ1) is 7.19. The standard InChI is InChI=1S/C9H14N4O2/c10-12-8(14)6-4-1-2-5(3-4)7(6)9(15)13-11/h1-2,4-7H,3,10-11H2,(H,12,14)(H,13,15)/t4-,5+,6-,7+. The molecule has 0 unspecified atom stereocenters. The van der Waals surface area contributed by atoms with Gasteiger partial charge in [-0.3, -0.25) is 20.4 Å². The number of hydrazine groups is 2. The van der Waals surface area contributed by atoms with Crippen LogP contribution in [0.2, 0.25) is 0 Å². The molecule has 0 aromatic rings. The summed E-state index contributed by atoms with van der Waals surface area (Å²) in [5.74, 6) is 9.08. The van der Waals surface area contributed by atoms with Gasteiger partial charge in [-0.15, -0.1) is 0 Å². The lowest BCUT2D eigenvalue weighted by molar-refractivity contribution is -0.135. The normalized spacial score (nSPS) is 36.7. The fourth-order valence-corrected chi connectivity index (χ4v) is 2.73. The van der Waals surface area contributed by atoms with Crippen LogP contribution in [0.3, 0.4) is 0 Å². The quantitative estimate of drug-likeness (QED) is 0.190. The Hall–Kier alpha value is -1.40. The molecule has 2 amide bonds. The van der Waals surface area contributed by atoms with Gasteiger partial charge in [-0.1, -0.05) is 12.2 Å². The number of carbonyl (C=O) groups excluding carboxylic acids is 2. The largest absolute Gasteiger partial charge is 0.294 e. The van der Waals surface area contributed by atoms with Gasteiger partial charge in [0, 0.05) is 0 Å². The molecule has 15 heavy (non-hydrogen) atoms. The molecule has 2 aliphatic carbocycles. The molecule has 6 N–H and O–H groups in total. The summed E-state index contributed by atoms with van der Waals surface area (Å²) in [5, 5.41) is 0. The molecule has 0 heterocycles. The summed E-state index contributed by atoms with van der Waals surface area (Å²) in [6.45, 7) is 0. The van der Waals surface area contributed by atoms with E-state index < -0.39 is 0 Å². The van der Waals surface area contributed by atoms with Crippen LogP contribution in [0.25, 0.3) is 0 Å². The van der Waals surface area contributed by atoms with E-state index in [1.165, 1.54) is 0 Å². The third-order valence-corrected chi connectivity index (χ3v) is 3.35. The second kappa shape index (κ2) is 3.63. The average Bonchev–Trinajstić information content (AvgIpc) is 2.86. The summed E-state index contributed by atoms with van der Waals surface area (Å²) in [7, 11) is 0. The van der Waals surface area contributed by atoms with E-state index in [1.807, 2.05) is 12.2 Å². The van der Waals surface area contributed by atoms with Gasteiger partial charge >= 0.3 is 0 Å². The van der Waals surface area contributed by atoms with Crippen molar-refractivity contribution in [3.8, 4) is 0 Å². The van der Waals surface area contributed by atoms with Crippen LogP contribution in [0.4, 0.5) is 0 Å².